The van der Waals surface area contributed by atoms with Crippen molar-refractivity contribution in [3.63, 3.8) is 0 Å². The van der Waals surface area contributed by atoms with Gasteiger partial charge in [-0.3, -0.25) is 9.71 Å². The number of sulfonamides is 1. The van der Waals surface area contributed by atoms with Crippen LogP contribution in [-0.4, -0.2) is 23.1 Å². The van der Waals surface area contributed by atoms with Crippen molar-refractivity contribution in [2.45, 2.75) is 38.3 Å². The van der Waals surface area contributed by atoms with Crippen LogP contribution in [0.2, 0.25) is 0 Å². The Morgan fingerprint density at radius 2 is 2.14 bits per heavy atom. The molecule has 0 saturated carbocycles. The molecule has 0 aliphatic rings. The standard InChI is InChI=1S/C14H19N3O3S/c1-10(2)17-8-13(6-12(17)9-18)21(19,20)16-14-7-15-5-4-11(14)3/h4-8,10,16,18H,9H2,1-3H3. The van der Waals surface area contributed by atoms with Crippen molar-refractivity contribution in [2.75, 3.05) is 4.72 Å². The van der Waals surface area contributed by atoms with Gasteiger partial charge in [0.15, 0.2) is 0 Å². The van der Waals surface area contributed by atoms with Gasteiger partial charge in [0.05, 0.1) is 18.5 Å². The fourth-order valence-electron chi connectivity index (χ4n) is 2.03. The van der Waals surface area contributed by atoms with Crippen LogP contribution in [-0.2, 0) is 16.6 Å². The van der Waals surface area contributed by atoms with Gasteiger partial charge in [0.2, 0.25) is 0 Å². The van der Waals surface area contributed by atoms with Crippen molar-refractivity contribution in [3.8, 4) is 0 Å². The van der Waals surface area contributed by atoms with Gasteiger partial charge in [0.25, 0.3) is 10.0 Å². The van der Waals surface area contributed by atoms with Crippen molar-refractivity contribution in [1.82, 2.24) is 9.55 Å². The molecule has 0 atom stereocenters. The average Bonchev–Trinajstić information content (AvgIpc) is 2.86. The first-order valence-electron chi connectivity index (χ1n) is 6.60. The topological polar surface area (TPSA) is 84.2 Å². The average molecular weight is 309 g/mol. The predicted octanol–water partition coefficient (Wildman–Crippen LogP) is 2.07. The summed E-state index contributed by atoms with van der Waals surface area (Å²) in [4.78, 5) is 4.05. The Hall–Kier alpha value is -1.86. The molecule has 0 fully saturated rings. The van der Waals surface area contributed by atoms with E-state index in [2.05, 4.69) is 9.71 Å². The number of aliphatic hydroxyl groups excluding tert-OH is 1. The van der Waals surface area contributed by atoms with Crippen LogP contribution in [0.5, 0.6) is 0 Å². The van der Waals surface area contributed by atoms with E-state index in [1.165, 1.54) is 18.5 Å². The smallest absolute Gasteiger partial charge is 0.263 e. The first kappa shape index (κ1) is 15.5. The van der Waals surface area contributed by atoms with Crippen LogP contribution in [0, 0.1) is 6.92 Å². The molecule has 2 rings (SSSR count). The van der Waals surface area contributed by atoms with Crippen LogP contribution in [0.15, 0.2) is 35.6 Å². The maximum Gasteiger partial charge on any atom is 0.263 e. The molecule has 2 heterocycles. The third kappa shape index (κ3) is 3.25. The first-order valence-corrected chi connectivity index (χ1v) is 8.08. The van der Waals surface area contributed by atoms with E-state index in [1.807, 2.05) is 13.8 Å². The number of nitrogens with one attached hydrogen (secondary N) is 1. The number of nitrogens with zero attached hydrogens (tertiary/aromatic N) is 2. The number of rotatable bonds is 5. The molecule has 2 N–H and O–H groups in total. The molecule has 0 amide bonds. The first-order chi connectivity index (χ1) is 9.85. The van der Waals surface area contributed by atoms with Crippen LogP contribution in [0.3, 0.4) is 0 Å². The van der Waals surface area contributed by atoms with E-state index in [9.17, 15) is 13.5 Å². The van der Waals surface area contributed by atoms with E-state index >= 15 is 0 Å². The summed E-state index contributed by atoms with van der Waals surface area (Å²) in [5.74, 6) is 0. The Kier molecular flexibility index (Phi) is 4.34. The molecule has 0 unspecified atom stereocenters. The summed E-state index contributed by atoms with van der Waals surface area (Å²) in [7, 11) is -3.70. The Bertz CT molecular complexity index is 736. The summed E-state index contributed by atoms with van der Waals surface area (Å²) in [6.07, 6.45) is 4.61. The zero-order valence-corrected chi connectivity index (χ0v) is 13.1. The fraction of sp³-hybridized carbons (Fsp3) is 0.357. The van der Waals surface area contributed by atoms with Crippen molar-refractivity contribution in [1.29, 1.82) is 0 Å². The minimum atomic E-state index is -3.70. The van der Waals surface area contributed by atoms with E-state index in [4.69, 9.17) is 0 Å². The molecule has 0 spiro atoms. The molecule has 0 aliphatic carbocycles. The van der Waals surface area contributed by atoms with Gasteiger partial charge in [-0.05, 0) is 38.5 Å². The highest BCUT2D eigenvalue weighted by Crippen LogP contribution is 2.22. The van der Waals surface area contributed by atoms with Crippen molar-refractivity contribution in [3.05, 3.63) is 42.0 Å². The van der Waals surface area contributed by atoms with E-state index in [0.717, 1.165) is 5.56 Å². The zero-order chi connectivity index (χ0) is 15.6. The van der Waals surface area contributed by atoms with Crippen LogP contribution >= 0.6 is 0 Å². The predicted molar refractivity (Wildman–Crippen MR) is 80.5 cm³/mol. The maximum absolute atomic E-state index is 12.4. The number of aryl methyl sites for hydroxylation is 1. The molecule has 21 heavy (non-hydrogen) atoms. The van der Waals surface area contributed by atoms with E-state index in [1.54, 1.807) is 23.8 Å². The summed E-state index contributed by atoms with van der Waals surface area (Å²) >= 11 is 0. The third-order valence-electron chi connectivity index (χ3n) is 3.22. The summed E-state index contributed by atoms with van der Waals surface area (Å²) in [6.45, 7) is 5.44. The van der Waals surface area contributed by atoms with Gasteiger partial charge >= 0.3 is 0 Å². The molecular formula is C14H19N3O3S. The van der Waals surface area contributed by atoms with Gasteiger partial charge in [-0.25, -0.2) is 8.42 Å². The molecule has 2 aromatic rings. The van der Waals surface area contributed by atoms with Gasteiger partial charge < -0.3 is 9.67 Å². The Morgan fingerprint density at radius 1 is 1.43 bits per heavy atom. The summed E-state index contributed by atoms with van der Waals surface area (Å²) in [6, 6.07) is 3.28. The molecule has 2 aromatic heterocycles. The monoisotopic (exact) mass is 309 g/mol. The number of hydrogen-bond donors (Lipinski definition) is 2. The minimum absolute atomic E-state index is 0.0660. The molecule has 0 saturated heterocycles. The number of hydrogen-bond acceptors (Lipinski definition) is 4. The lowest BCUT2D eigenvalue weighted by Crippen LogP contribution is -2.13. The van der Waals surface area contributed by atoms with E-state index in [0.29, 0.717) is 11.4 Å². The molecule has 7 heteroatoms. The van der Waals surface area contributed by atoms with Crippen LogP contribution in [0.4, 0.5) is 5.69 Å². The third-order valence-corrected chi connectivity index (χ3v) is 4.55. The van der Waals surface area contributed by atoms with Crippen molar-refractivity contribution < 1.29 is 13.5 Å². The highest BCUT2D eigenvalue weighted by molar-refractivity contribution is 7.92. The Labute approximate surface area is 124 Å². The number of aliphatic hydroxyl groups is 1. The maximum atomic E-state index is 12.4. The van der Waals surface area contributed by atoms with Gasteiger partial charge in [-0.2, -0.15) is 0 Å². The summed E-state index contributed by atoms with van der Waals surface area (Å²) < 4.78 is 29.1. The van der Waals surface area contributed by atoms with Gasteiger partial charge in [0.1, 0.15) is 4.90 Å². The van der Waals surface area contributed by atoms with Crippen molar-refractivity contribution >= 4 is 15.7 Å². The molecule has 0 radical (unpaired) electrons. The molecule has 0 aliphatic heterocycles. The van der Waals surface area contributed by atoms with Crippen molar-refractivity contribution in [2.24, 2.45) is 0 Å². The Morgan fingerprint density at radius 3 is 2.67 bits per heavy atom. The minimum Gasteiger partial charge on any atom is -0.390 e. The molecule has 6 nitrogen and oxygen atoms in total. The molecule has 0 bridgehead atoms. The highest BCUT2D eigenvalue weighted by Gasteiger charge is 2.20. The second kappa shape index (κ2) is 5.87. The fourth-order valence-corrected chi connectivity index (χ4v) is 3.19. The Balaban J connectivity index is 2.38. The summed E-state index contributed by atoms with van der Waals surface area (Å²) in [5, 5.41) is 9.33. The highest BCUT2D eigenvalue weighted by atomic mass is 32.2. The SMILES string of the molecule is Cc1ccncc1NS(=O)(=O)c1cc(CO)n(C(C)C)c1. The number of anilines is 1. The lowest BCUT2D eigenvalue weighted by Gasteiger charge is -2.10. The van der Waals surface area contributed by atoms with Crippen LogP contribution in [0.1, 0.15) is 31.1 Å². The summed E-state index contributed by atoms with van der Waals surface area (Å²) in [5.41, 5.74) is 1.80. The zero-order valence-electron chi connectivity index (χ0n) is 12.2. The quantitative estimate of drug-likeness (QED) is 0.885. The van der Waals surface area contributed by atoms with Gasteiger partial charge in [-0.1, -0.05) is 0 Å². The number of pyridine rings is 1. The van der Waals surface area contributed by atoms with Crippen LogP contribution in [0.25, 0.3) is 0 Å². The van der Waals surface area contributed by atoms with Gasteiger partial charge in [0, 0.05) is 24.1 Å². The largest absolute Gasteiger partial charge is 0.390 e. The second-order valence-electron chi connectivity index (χ2n) is 5.12. The molecule has 0 aromatic carbocycles. The van der Waals surface area contributed by atoms with Crippen LogP contribution < -0.4 is 4.72 Å². The normalized spacial score (nSPS) is 11.9. The van der Waals surface area contributed by atoms with Gasteiger partial charge in [-0.15, -0.1) is 0 Å². The second-order valence-corrected chi connectivity index (χ2v) is 6.80. The molecular weight excluding hydrogens is 290 g/mol. The van der Waals surface area contributed by atoms with E-state index in [-0.39, 0.29) is 17.5 Å². The number of aromatic nitrogens is 2. The van der Waals surface area contributed by atoms with E-state index < -0.39 is 10.0 Å². The lowest BCUT2D eigenvalue weighted by atomic mass is 10.3. The molecule has 114 valence electrons. The lowest BCUT2D eigenvalue weighted by molar-refractivity contribution is 0.268.